The second kappa shape index (κ2) is 6.76. The minimum atomic E-state index is -1.16. The average Bonchev–Trinajstić information content (AvgIpc) is 2.56. The molecular formula is C18H26ClN3O4. The van der Waals surface area contributed by atoms with Crippen LogP contribution in [0, 0.1) is 23.2 Å². The fourth-order valence-electron chi connectivity index (χ4n) is 4.64. The first kappa shape index (κ1) is 19.0. The number of carbonyl (C=O) groups is 1. The molecule has 4 atom stereocenters. The van der Waals surface area contributed by atoms with Gasteiger partial charge < -0.3 is 15.2 Å². The van der Waals surface area contributed by atoms with Crippen molar-refractivity contribution in [3.8, 4) is 5.88 Å². The number of aliphatic carboxylic acids is 1. The van der Waals surface area contributed by atoms with Crippen LogP contribution in [0.5, 0.6) is 5.88 Å². The molecule has 0 amide bonds. The number of carboxylic acids is 1. The van der Waals surface area contributed by atoms with Gasteiger partial charge in [0.15, 0.2) is 0 Å². The lowest BCUT2D eigenvalue weighted by molar-refractivity contribution is -0.138. The highest BCUT2D eigenvalue weighted by atomic mass is 35.5. The number of fused-ring (bicyclic) bond motifs is 2. The summed E-state index contributed by atoms with van der Waals surface area (Å²) in [6.45, 7) is 8.45. The van der Waals surface area contributed by atoms with E-state index in [1.807, 2.05) is 0 Å². The Bertz CT molecular complexity index is 776. The molecule has 2 N–H and O–H groups in total. The van der Waals surface area contributed by atoms with Crippen LogP contribution < -0.4 is 15.6 Å². The van der Waals surface area contributed by atoms with E-state index in [9.17, 15) is 9.59 Å². The lowest BCUT2D eigenvalue weighted by atomic mass is 9.45. The number of hydrogen-bond acceptors (Lipinski definition) is 5. The maximum atomic E-state index is 12.4. The van der Waals surface area contributed by atoms with Crippen LogP contribution >= 0.6 is 11.6 Å². The normalized spacial score (nSPS) is 29.0. The van der Waals surface area contributed by atoms with Gasteiger partial charge in [0.05, 0.1) is 6.61 Å². The van der Waals surface area contributed by atoms with E-state index in [-0.39, 0.29) is 16.9 Å². The van der Waals surface area contributed by atoms with Crippen LogP contribution in [0.4, 0.5) is 5.69 Å². The van der Waals surface area contributed by atoms with Crippen molar-refractivity contribution < 1.29 is 14.6 Å². The molecule has 3 aliphatic carbocycles. The zero-order valence-corrected chi connectivity index (χ0v) is 16.3. The second-order valence-electron chi connectivity index (χ2n) is 7.99. The first-order valence-electron chi connectivity index (χ1n) is 9.08. The van der Waals surface area contributed by atoms with Gasteiger partial charge in [-0.15, -0.1) is 5.10 Å². The van der Waals surface area contributed by atoms with E-state index in [0.717, 1.165) is 11.1 Å². The molecular weight excluding hydrogens is 358 g/mol. The number of halogens is 1. The molecule has 144 valence electrons. The van der Waals surface area contributed by atoms with Gasteiger partial charge in [-0.05, 0) is 42.9 Å². The first-order valence-corrected chi connectivity index (χ1v) is 9.46. The third kappa shape index (κ3) is 3.06. The van der Waals surface area contributed by atoms with Crippen LogP contribution in [0.2, 0.25) is 5.02 Å². The predicted molar refractivity (Wildman–Crippen MR) is 98.9 cm³/mol. The number of carboxylic acid groups (broad SMARTS) is 1. The predicted octanol–water partition coefficient (Wildman–Crippen LogP) is 2.86. The van der Waals surface area contributed by atoms with Gasteiger partial charge in [-0.2, -0.15) is 0 Å². The van der Waals surface area contributed by atoms with Crippen molar-refractivity contribution in [2.24, 2.45) is 23.2 Å². The standard InChI is InChI=1S/C18H26ClN3O4/c1-5-26-16-15(14(19)17(25)22(21-16)8-13(23)24)20-12-7-10-6-11(9(12)2)18(10,3)4/h9-12,20H,5-8H2,1-4H3,(H,23,24)/t9-,10-,11+,12-/m1/s1. The van der Waals surface area contributed by atoms with Crippen LogP contribution in [0.15, 0.2) is 4.79 Å². The average molecular weight is 384 g/mol. The fourth-order valence-corrected chi connectivity index (χ4v) is 4.88. The Morgan fingerprint density at radius 1 is 1.46 bits per heavy atom. The molecule has 1 aromatic heterocycles. The summed E-state index contributed by atoms with van der Waals surface area (Å²) in [5, 5.41) is 16.3. The Balaban J connectivity index is 1.91. The zero-order valence-electron chi connectivity index (χ0n) is 15.6. The lowest BCUT2D eigenvalue weighted by Gasteiger charge is -2.62. The molecule has 2 bridgehead atoms. The van der Waals surface area contributed by atoms with E-state index in [0.29, 0.717) is 35.5 Å². The molecule has 0 spiro atoms. The maximum absolute atomic E-state index is 12.4. The molecule has 0 aromatic carbocycles. The molecule has 3 fully saturated rings. The summed E-state index contributed by atoms with van der Waals surface area (Å²) < 4.78 is 6.37. The Kier molecular flexibility index (Phi) is 4.94. The highest BCUT2D eigenvalue weighted by Gasteiger charge is 2.56. The van der Waals surface area contributed by atoms with E-state index in [1.165, 1.54) is 6.42 Å². The quantitative estimate of drug-likeness (QED) is 0.784. The van der Waals surface area contributed by atoms with E-state index < -0.39 is 18.1 Å². The molecule has 1 aromatic rings. The molecule has 3 saturated carbocycles. The number of hydrogen-bond donors (Lipinski definition) is 2. The van der Waals surface area contributed by atoms with Crippen molar-refractivity contribution >= 4 is 23.3 Å². The third-order valence-corrected chi connectivity index (χ3v) is 6.67. The van der Waals surface area contributed by atoms with Gasteiger partial charge in [0.2, 0.25) is 0 Å². The van der Waals surface area contributed by atoms with Crippen molar-refractivity contribution in [3.63, 3.8) is 0 Å². The Labute approximate surface area is 157 Å². The van der Waals surface area contributed by atoms with Gasteiger partial charge in [-0.25, -0.2) is 4.68 Å². The summed E-state index contributed by atoms with van der Waals surface area (Å²) in [6.07, 6.45) is 2.25. The molecule has 26 heavy (non-hydrogen) atoms. The van der Waals surface area contributed by atoms with Crippen molar-refractivity contribution in [2.45, 2.75) is 53.1 Å². The van der Waals surface area contributed by atoms with E-state index in [4.69, 9.17) is 21.4 Å². The molecule has 3 aliphatic rings. The van der Waals surface area contributed by atoms with Crippen LogP contribution in [0.3, 0.4) is 0 Å². The molecule has 0 unspecified atom stereocenters. The van der Waals surface area contributed by atoms with Crippen molar-refractivity contribution in [1.82, 2.24) is 9.78 Å². The highest BCUT2D eigenvalue weighted by molar-refractivity contribution is 6.33. The number of aromatic nitrogens is 2. The highest BCUT2D eigenvalue weighted by Crippen LogP contribution is 2.61. The summed E-state index contributed by atoms with van der Waals surface area (Å²) in [7, 11) is 0. The van der Waals surface area contributed by atoms with Gasteiger partial charge in [0.1, 0.15) is 17.3 Å². The molecule has 4 rings (SSSR count). The molecule has 1 heterocycles. The first-order chi connectivity index (χ1) is 12.2. The maximum Gasteiger partial charge on any atom is 0.325 e. The minimum absolute atomic E-state index is 0.0737. The number of ether oxygens (including phenoxy) is 1. The van der Waals surface area contributed by atoms with Crippen LogP contribution in [-0.2, 0) is 11.3 Å². The van der Waals surface area contributed by atoms with Crippen molar-refractivity contribution in [1.29, 1.82) is 0 Å². The fraction of sp³-hybridized carbons (Fsp3) is 0.722. The van der Waals surface area contributed by atoms with Crippen LogP contribution in [0.25, 0.3) is 0 Å². The summed E-state index contributed by atoms with van der Waals surface area (Å²) in [5.41, 5.74) is 0.0953. The van der Waals surface area contributed by atoms with E-state index in [1.54, 1.807) is 6.92 Å². The number of nitrogens with one attached hydrogen (secondary N) is 1. The Hall–Kier alpha value is -1.76. The summed E-state index contributed by atoms with van der Waals surface area (Å²) >= 11 is 6.28. The lowest BCUT2D eigenvalue weighted by Crippen LogP contribution is -2.58. The van der Waals surface area contributed by atoms with Gasteiger partial charge in [-0.1, -0.05) is 32.4 Å². The number of rotatable bonds is 6. The topological polar surface area (TPSA) is 93.5 Å². The molecule has 7 nitrogen and oxygen atoms in total. The number of anilines is 1. The summed E-state index contributed by atoms with van der Waals surface area (Å²) in [4.78, 5) is 23.3. The summed E-state index contributed by atoms with van der Waals surface area (Å²) in [5.74, 6) is 0.720. The Morgan fingerprint density at radius 3 is 2.69 bits per heavy atom. The second-order valence-corrected chi connectivity index (χ2v) is 8.37. The SMILES string of the molecule is CCOc1nn(CC(=O)O)c(=O)c(Cl)c1N[C@@H]1C[C@H]2C[C@@H]([C@H]1C)C2(C)C. The smallest absolute Gasteiger partial charge is 0.325 e. The largest absolute Gasteiger partial charge is 0.480 e. The number of nitrogens with zero attached hydrogens (tertiary/aromatic N) is 2. The molecule has 0 saturated heterocycles. The van der Waals surface area contributed by atoms with Gasteiger partial charge >= 0.3 is 5.97 Å². The van der Waals surface area contributed by atoms with Gasteiger partial charge in [-0.3, -0.25) is 9.59 Å². The van der Waals surface area contributed by atoms with E-state index in [2.05, 4.69) is 31.2 Å². The van der Waals surface area contributed by atoms with E-state index >= 15 is 0 Å². The minimum Gasteiger partial charge on any atom is -0.480 e. The molecule has 0 radical (unpaired) electrons. The Morgan fingerprint density at radius 2 is 2.15 bits per heavy atom. The third-order valence-electron chi connectivity index (χ3n) is 6.32. The van der Waals surface area contributed by atoms with Crippen LogP contribution in [-0.4, -0.2) is 33.5 Å². The molecule has 8 heteroatoms. The summed E-state index contributed by atoms with van der Waals surface area (Å²) in [6, 6.07) is 0.181. The van der Waals surface area contributed by atoms with Crippen molar-refractivity contribution in [3.05, 3.63) is 15.4 Å². The monoisotopic (exact) mass is 383 g/mol. The zero-order chi connectivity index (χ0) is 19.2. The van der Waals surface area contributed by atoms with Crippen molar-refractivity contribution in [2.75, 3.05) is 11.9 Å². The molecule has 0 aliphatic heterocycles. The van der Waals surface area contributed by atoms with Crippen LogP contribution in [0.1, 0.15) is 40.5 Å². The van der Waals surface area contributed by atoms with Gasteiger partial charge in [0.25, 0.3) is 11.4 Å². The van der Waals surface area contributed by atoms with Gasteiger partial charge in [0, 0.05) is 6.04 Å².